The van der Waals surface area contributed by atoms with E-state index in [1.54, 1.807) is 0 Å². The van der Waals surface area contributed by atoms with Crippen molar-refractivity contribution in [1.82, 2.24) is 9.97 Å². The monoisotopic (exact) mass is 319 g/mol. The lowest BCUT2D eigenvalue weighted by Gasteiger charge is -2.38. The van der Waals surface area contributed by atoms with E-state index >= 15 is 0 Å². The molecule has 2 aliphatic heterocycles. The maximum Gasteiger partial charge on any atom is 0.433 e. The highest BCUT2D eigenvalue weighted by molar-refractivity contribution is 7.99. The minimum Gasteiger partial charge on any atom is -0.374 e. The molecule has 0 aromatic carbocycles. The van der Waals surface area contributed by atoms with E-state index in [-0.39, 0.29) is 17.6 Å². The van der Waals surface area contributed by atoms with Crippen LogP contribution in [0.2, 0.25) is 0 Å². The molecule has 0 unspecified atom stereocenters. The highest BCUT2D eigenvalue weighted by atomic mass is 32.2. The summed E-state index contributed by atoms with van der Waals surface area (Å²) in [7, 11) is 0. The number of thioether (sulfide) groups is 1. The van der Waals surface area contributed by atoms with Gasteiger partial charge in [-0.25, -0.2) is 9.97 Å². The van der Waals surface area contributed by atoms with Crippen molar-refractivity contribution in [1.29, 1.82) is 0 Å². The number of anilines is 1. The predicted molar refractivity (Wildman–Crippen MR) is 74.3 cm³/mol. The zero-order chi connectivity index (χ0) is 14.9. The average Bonchev–Trinajstić information content (AvgIpc) is 2.86. The molecule has 1 N–H and O–H groups in total. The molecule has 2 fully saturated rings. The topological polar surface area (TPSA) is 47.0 Å². The van der Waals surface area contributed by atoms with Crippen LogP contribution >= 0.6 is 11.8 Å². The summed E-state index contributed by atoms with van der Waals surface area (Å²) in [5.41, 5.74) is -1.04. The molecule has 2 aliphatic rings. The van der Waals surface area contributed by atoms with E-state index in [2.05, 4.69) is 15.3 Å². The lowest BCUT2D eigenvalue weighted by Crippen LogP contribution is -2.44. The van der Waals surface area contributed by atoms with Gasteiger partial charge in [-0.3, -0.25) is 0 Å². The van der Waals surface area contributed by atoms with Crippen molar-refractivity contribution >= 4 is 17.7 Å². The average molecular weight is 319 g/mol. The Bertz CT molecular complexity index is 506. The van der Waals surface area contributed by atoms with E-state index in [1.807, 2.05) is 11.8 Å². The molecule has 0 bridgehead atoms. The molecule has 2 saturated heterocycles. The van der Waals surface area contributed by atoms with Gasteiger partial charge in [0, 0.05) is 24.6 Å². The Labute approximate surface area is 124 Å². The molecule has 0 aliphatic carbocycles. The maximum atomic E-state index is 12.6. The number of alkyl halides is 3. The largest absolute Gasteiger partial charge is 0.433 e. The van der Waals surface area contributed by atoms with Gasteiger partial charge in [0.1, 0.15) is 5.69 Å². The molecule has 8 heteroatoms. The van der Waals surface area contributed by atoms with Crippen LogP contribution < -0.4 is 5.32 Å². The number of nitrogens with zero attached hydrogens (tertiary/aromatic N) is 2. The lowest BCUT2D eigenvalue weighted by molar-refractivity contribution is -0.141. The highest BCUT2D eigenvalue weighted by Crippen LogP contribution is 2.38. The van der Waals surface area contributed by atoms with Crippen LogP contribution in [0.1, 0.15) is 25.0 Å². The molecule has 0 radical (unpaired) electrons. The molecule has 3 heterocycles. The second kappa shape index (κ2) is 5.64. The van der Waals surface area contributed by atoms with E-state index in [9.17, 15) is 13.2 Å². The maximum absolute atomic E-state index is 12.6. The molecule has 0 amide bonds. The van der Waals surface area contributed by atoms with Gasteiger partial charge in [0.2, 0.25) is 5.95 Å². The molecule has 21 heavy (non-hydrogen) atoms. The van der Waals surface area contributed by atoms with Crippen LogP contribution in [0.15, 0.2) is 12.3 Å². The second-order valence-electron chi connectivity index (χ2n) is 5.43. The summed E-state index contributed by atoms with van der Waals surface area (Å²) in [6.07, 6.45) is -0.762. The van der Waals surface area contributed by atoms with Crippen LogP contribution in [0.25, 0.3) is 0 Å². The first-order valence-corrected chi connectivity index (χ1v) is 8.01. The summed E-state index contributed by atoms with van der Waals surface area (Å²) >= 11 is 1.86. The van der Waals surface area contributed by atoms with Gasteiger partial charge in [0.05, 0.1) is 5.60 Å². The number of hydrogen-bond donors (Lipinski definition) is 1. The van der Waals surface area contributed by atoms with Crippen molar-refractivity contribution in [2.75, 3.05) is 23.4 Å². The van der Waals surface area contributed by atoms with E-state index in [0.717, 1.165) is 43.0 Å². The Balaban J connectivity index is 1.69. The third-order valence-electron chi connectivity index (χ3n) is 3.84. The van der Waals surface area contributed by atoms with Crippen molar-refractivity contribution in [2.45, 2.75) is 37.1 Å². The van der Waals surface area contributed by atoms with Gasteiger partial charge in [0.25, 0.3) is 0 Å². The van der Waals surface area contributed by atoms with E-state index in [0.29, 0.717) is 6.61 Å². The Kier molecular flexibility index (Phi) is 4.00. The van der Waals surface area contributed by atoms with Crippen LogP contribution in [-0.4, -0.2) is 39.7 Å². The Morgan fingerprint density at radius 1 is 1.43 bits per heavy atom. The summed E-state index contributed by atoms with van der Waals surface area (Å²) in [5.74, 6) is 2.07. The zero-order valence-electron chi connectivity index (χ0n) is 11.3. The molecule has 1 aromatic heterocycles. The van der Waals surface area contributed by atoms with Crippen molar-refractivity contribution in [2.24, 2.45) is 0 Å². The Hall–Kier alpha value is -1.02. The molecule has 1 spiro atoms. The summed E-state index contributed by atoms with van der Waals surface area (Å²) in [5, 5.41) is 3.03. The summed E-state index contributed by atoms with van der Waals surface area (Å²) < 4.78 is 43.8. The number of ether oxygens (including phenoxy) is 1. The van der Waals surface area contributed by atoms with Gasteiger partial charge in [0.15, 0.2) is 0 Å². The Morgan fingerprint density at radius 3 is 3.00 bits per heavy atom. The molecular formula is C13H16F3N3OS. The van der Waals surface area contributed by atoms with E-state index < -0.39 is 11.9 Å². The second-order valence-corrected chi connectivity index (χ2v) is 6.54. The third kappa shape index (κ3) is 3.42. The van der Waals surface area contributed by atoms with E-state index in [1.165, 1.54) is 0 Å². The number of rotatable bonds is 2. The van der Waals surface area contributed by atoms with Gasteiger partial charge in [-0.1, -0.05) is 0 Å². The first-order chi connectivity index (χ1) is 9.97. The van der Waals surface area contributed by atoms with E-state index in [4.69, 9.17) is 4.74 Å². The number of halogens is 3. The quantitative estimate of drug-likeness (QED) is 0.908. The number of hydrogen-bond acceptors (Lipinski definition) is 5. The molecule has 2 atom stereocenters. The molecule has 4 nitrogen and oxygen atoms in total. The van der Waals surface area contributed by atoms with Crippen LogP contribution in [0.3, 0.4) is 0 Å². The van der Waals surface area contributed by atoms with Crippen LogP contribution in [0.4, 0.5) is 19.1 Å². The van der Waals surface area contributed by atoms with Crippen LogP contribution in [0, 0.1) is 0 Å². The van der Waals surface area contributed by atoms with Crippen molar-refractivity contribution in [3.05, 3.63) is 18.0 Å². The van der Waals surface area contributed by atoms with Gasteiger partial charge in [-0.15, -0.1) is 0 Å². The van der Waals surface area contributed by atoms with Crippen molar-refractivity contribution in [3.63, 3.8) is 0 Å². The van der Waals surface area contributed by atoms with Crippen LogP contribution in [0.5, 0.6) is 0 Å². The minimum atomic E-state index is -4.45. The molecule has 116 valence electrons. The van der Waals surface area contributed by atoms with Crippen molar-refractivity contribution in [3.8, 4) is 0 Å². The predicted octanol–water partition coefficient (Wildman–Crippen LogP) is 2.96. The third-order valence-corrected chi connectivity index (χ3v) is 5.06. The first-order valence-electron chi connectivity index (χ1n) is 6.85. The highest BCUT2D eigenvalue weighted by Gasteiger charge is 2.40. The van der Waals surface area contributed by atoms with Crippen molar-refractivity contribution < 1.29 is 17.9 Å². The number of aromatic nitrogens is 2. The number of nitrogens with one attached hydrogen (secondary N) is 1. The summed E-state index contributed by atoms with van der Waals surface area (Å²) in [4.78, 5) is 7.45. The first kappa shape index (κ1) is 14.9. The molecule has 1 aromatic rings. The smallest absolute Gasteiger partial charge is 0.374 e. The van der Waals surface area contributed by atoms with Gasteiger partial charge in [-0.2, -0.15) is 24.9 Å². The standard InChI is InChI=1S/C13H16F3N3OS/c14-13(15,16)10-1-4-17-11(19-10)18-9-2-5-20-12(7-9)3-6-21-8-12/h1,4,9H,2-3,5-8H2,(H,17,18,19)/t9-,12-/m0/s1. The summed E-state index contributed by atoms with van der Waals surface area (Å²) in [6, 6.07) is 0.936. The fraction of sp³-hybridized carbons (Fsp3) is 0.692. The van der Waals surface area contributed by atoms with Crippen LogP contribution in [-0.2, 0) is 10.9 Å². The lowest BCUT2D eigenvalue weighted by atomic mass is 9.90. The van der Waals surface area contributed by atoms with Gasteiger partial charge >= 0.3 is 6.18 Å². The zero-order valence-corrected chi connectivity index (χ0v) is 12.1. The van der Waals surface area contributed by atoms with Gasteiger partial charge in [-0.05, 0) is 31.1 Å². The normalized spacial score (nSPS) is 29.8. The van der Waals surface area contributed by atoms with Gasteiger partial charge < -0.3 is 10.1 Å². The summed E-state index contributed by atoms with van der Waals surface area (Å²) in [6.45, 7) is 0.622. The molecule has 3 rings (SSSR count). The minimum absolute atomic E-state index is 0.0394. The fourth-order valence-electron chi connectivity index (χ4n) is 2.78. The SMILES string of the molecule is FC(F)(F)c1ccnc(N[C@H]2CCO[C@@]3(CCSC3)C2)n1. The fourth-order valence-corrected chi connectivity index (χ4v) is 4.16. The molecular weight excluding hydrogens is 303 g/mol. The Morgan fingerprint density at radius 2 is 2.29 bits per heavy atom. The molecule has 0 saturated carbocycles.